The lowest BCUT2D eigenvalue weighted by Crippen LogP contribution is -2.19. The van der Waals surface area contributed by atoms with Gasteiger partial charge in [-0.05, 0) is 6.42 Å². The van der Waals surface area contributed by atoms with Gasteiger partial charge in [0.2, 0.25) is 0 Å². The Kier molecular flexibility index (Phi) is 20.9. The average molecular weight is 109 g/mol. The second kappa shape index (κ2) is 9.04. The molecule has 0 fully saturated rings. The summed E-state index contributed by atoms with van der Waals surface area (Å²) in [7, 11) is 0. The van der Waals surface area contributed by atoms with Crippen LogP contribution in [0.4, 0.5) is 0 Å². The van der Waals surface area contributed by atoms with Crippen LogP contribution in [0.3, 0.4) is 0 Å². The van der Waals surface area contributed by atoms with Crippen molar-refractivity contribution in [1.29, 1.82) is 0 Å². The standard InChI is InChI=1S/C3H6O2.H3N.H2O/c1-2-3(4)5;;/h2H2,1H3,(H,4,5);1H3;1H2. The van der Waals surface area contributed by atoms with Gasteiger partial charge in [-0.1, -0.05) is 6.92 Å². The monoisotopic (exact) mass is 109 g/mol. The highest BCUT2D eigenvalue weighted by Gasteiger charge is 1.65. The number of carboxylic acid groups (broad SMARTS) is 1. The maximum absolute atomic E-state index is 9.26. The largest absolute Gasteiger partial charge is 0.550 e. The fraction of sp³-hybridized carbons (Fsp3) is 0.667. The minimum atomic E-state index is -0.995. The minimum Gasteiger partial charge on any atom is -0.550 e. The maximum atomic E-state index is 9.26. The quantitative estimate of drug-likeness (QED) is 0.451. The summed E-state index contributed by atoms with van der Waals surface area (Å²) in [6.45, 7) is 1.54. The lowest BCUT2D eigenvalue weighted by molar-refractivity contribution is -0.305. The van der Waals surface area contributed by atoms with E-state index < -0.39 is 5.97 Å². The molecular formula is C3H11NO3. The Labute approximate surface area is 42.0 Å². The molecule has 7 heavy (non-hydrogen) atoms. The first kappa shape index (κ1) is 16.2. The Hall–Kier alpha value is -0.610. The van der Waals surface area contributed by atoms with Gasteiger partial charge in [-0.2, -0.15) is 0 Å². The van der Waals surface area contributed by atoms with Crippen LogP contribution < -0.4 is 11.3 Å². The molecule has 6 N–H and O–H groups in total. The van der Waals surface area contributed by atoms with E-state index in [1.54, 1.807) is 0 Å². The summed E-state index contributed by atoms with van der Waals surface area (Å²) in [5.41, 5.74) is 0. The number of carboxylic acids is 1. The Morgan fingerprint density at radius 3 is 1.86 bits per heavy atom. The first-order chi connectivity index (χ1) is 2.27. The van der Waals surface area contributed by atoms with E-state index in [0.29, 0.717) is 0 Å². The molecule has 0 unspecified atom stereocenters. The molecule has 4 heteroatoms. The SMILES string of the molecule is CCC(=O)[O-].O.[NH4+]. The molecule has 0 atom stereocenters. The van der Waals surface area contributed by atoms with Crippen LogP contribution in [0.25, 0.3) is 0 Å². The van der Waals surface area contributed by atoms with Crippen LogP contribution in [0.1, 0.15) is 13.3 Å². The summed E-state index contributed by atoms with van der Waals surface area (Å²) < 4.78 is 0. The molecule has 0 aliphatic carbocycles. The molecule has 0 heterocycles. The van der Waals surface area contributed by atoms with Gasteiger partial charge in [-0.15, -0.1) is 0 Å². The van der Waals surface area contributed by atoms with Crippen molar-refractivity contribution in [3.8, 4) is 0 Å². The third kappa shape index (κ3) is 32.1. The van der Waals surface area contributed by atoms with Gasteiger partial charge in [-0.3, -0.25) is 0 Å². The zero-order chi connectivity index (χ0) is 4.28. The number of quaternary nitrogens is 1. The van der Waals surface area contributed by atoms with E-state index in [1.165, 1.54) is 6.92 Å². The van der Waals surface area contributed by atoms with Crippen molar-refractivity contribution in [3.63, 3.8) is 0 Å². The normalized spacial score (nSPS) is 5.29. The fourth-order valence-corrected chi connectivity index (χ4v) is 0. The first-order valence-corrected chi connectivity index (χ1v) is 1.47. The Bertz CT molecular complexity index is 45.4. The number of rotatable bonds is 1. The topological polar surface area (TPSA) is 108 Å². The van der Waals surface area contributed by atoms with Crippen molar-refractivity contribution in [1.82, 2.24) is 6.15 Å². The molecular weight excluding hydrogens is 98.0 g/mol. The van der Waals surface area contributed by atoms with Gasteiger partial charge in [0.15, 0.2) is 0 Å². The molecule has 0 aliphatic heterocycles. The Balaban J connectivity index is -0.0000000800. The molecule has 0 aromatic heterocycles. The van der Waals surface area contributed by atoms with Crippen LogP contribution in [0, 0.1) is 0 Å². The van der Waals surface area contributed by atoms with Crippen LogP contribution in [-0.4, -0.2) is 11.4 Å². The fourth-order valence-electron chi connectivity index (χ4n) is 0. The van der Waals surface area contributed by atoms with Crippen molar-refractivity contribution < 1.29 is 15.4 Å². The maximum Gasteiger partial charge on any atom is 0.0411 e. The third-order valence-corrected chi connectivity index (χ3v) is 0.289. The summed E-state index contributed by atoms with van der Waals surface area (Å²) in [5.74, 6) is -0.995. The van der Waals surface area contributed by atoms with Crippen LogP contribution in [-0.2, 0) is 4.79 Å². The van der Waals surface area contributed by atoms with Gasteiger partial charge < -0.3 is 21.5 Å². The van der Waals surface area contributed by atoms with E-state index in [-0.39, 0.29) is 18.0 Å². The van der Waals surface area contributed by atoms with Gasteiger partial charge in [0.25, 0.3) is 0 Å². The van der Waals surface area contributed by atoms with Gasteiger partial charge >= 0.3 is 0 Å². The van der Waals surface area contributed by atoms with Crippen LogP contribution in [0.5, 0.6) is 0 Å². The van der Waals surface area contributed by atoms with Crippen molar-refractivity contribution in [2.24, 2.45) is 0 Å². The summed E-state index contributed by atoms with van der Waals surface area (Å²) >= 11 is 0. The number of carbonyl (C=O) groups is 1. The van der Waals surface area contributed by atoms with Crippen molar-refractivity contribution in [2.45, 2.75) is 13.3 Å². The number of hydrogen-bond donors (Lipinski definition) is 1. The zero-order valence-electron chi connectivity index (χ0n) is 4.52. The lowest BCUT2D eigenvalue weighted by atomic mass is 10.5. The van der Waals surface area contributed by atoms with E-state index in [1.807, 2.05) is 0 Å². The van der Waals surface area contributed by atoms with E-state index in [2.05, 4.69) is 0 Å². The molecule has 0 saturated carbocycles. The van der Waals surface area contributed by atoms with Crippen LogP contribution in [0.2, 0.25) is 0 Å². The molecule has 0 radical (unpaired) electrons. The predicted molar refractivity (Wildman–Crippen MR) is 24.9 cm³/mol. The summed E-state index contributed by atoms with van der Waals surface area (Å²) in [4.78, 5) is 9.26. The van der Waals surface area contributed by atoms with E-state index in [9.17, 15) is 9.90 Å². The predicted octanol–water partition coefficient (Wildman–Crippen LogP) is -1.30. The van der Waals surface area contributed by atoms with Crippen molar-refractivity contribution in [2.75, 3.05) is 0 Å². The average Bonchev–Trinajstić information content (AvgIpc) is 1.38. The first-order valence-electron chi connectivity index (χ1n) is 1.47. The molecule has 0 aliphatic rings. The summed E-state index contributed by atoms with van der Waals surface area (Å²) in [6, 6.07) is 0. The van der Waals surface area contributed by atoms with Gasteiger partial charge in [-0.25, -0.2) is 0 Å². The molecule has 46 valence electrons. The highest BCUT2D eigenvalue weighted by atomic mass is 16.4. The van der Waals surface area contributed by atoms with Crippen molar-refractivity contribution >= 4 is 5.97 Å². The number of hydrogen-bond acceptors (Lipinski definition) is 2. The zero-order valence-corrected chi connectivity index (χ0v) is 4.52. The van der Waals surface area contributed by atoms with E-state index >= 15 is 0 Å². The van der Waals surface area contributed by atoms with Crippen LogP contribution >= 0.6 is 0 Å². The number of aliphatic carboxylic acids is 1. The second-order valence-corrected chi connectivity index (χ2v) is 0.726. The minimum absolute atomic E-state index is 0. The summed E-state index contributed by atoms with van der Waals surface area (Å²) in [5, 5.41) is 9.26. The molecule has 0 amide bonds. The molecule has 0 aromatic rings. The molecule has 0 rings (SSSR count). The Morgan fingerprint density at radius 1 is 1.71 bits per heavy atom. The molecule has 0 bridgehead atoms. The van der Waals surface area contributed by atoms with Crippen LogP contribution in [0.15, 0.2) is 0 Å². The van der Waals surface area contributed by atoms with Gasteiger partial charge in [0, 0.05) is 5.97 Å². The highest BCUT2D eigenvalue weighted by molar-refractivity contribution is 5.63. The summed E-state index contributed by atoms with van der Waals surface area (Å²) in [6.07, 6.45) is 0.111. The molecule has 4 nitrogen and oxygen atoms in total. The van der Waals surface area contributed by atoms with Gasteiger partial charge in [0.1, 0.15) is 0 Å². The molecule has 0 spiro atoms. The third-order valence-electron chi connectivity index (χ3n) is 0.289. The highest BCUT2D eigenvalue weighted by Crippen LogP contribution is 1.61. The second-order valence-electron chi connectivity index (χ2n) is 0.726. The Morgan fingerprint density at radius 2 is 1.86 bits per heavy atom. The molecule has 0 aromatic carbocycles. The van der Waals surface area contributed by atoms with E-state index in [0.717, 1.165) is 0 Å². The number of carbonyl (C=O) groups excluding carboxylic acids is 1. The van der Waals surface area contributed by atoms with E-state index in [4.69, 9.17) is 0 Å². The molecule has 0 saturated heterocycles. The van der Waals surface area contributed by atoms with Gasteiger partial charge in [0.05, 0.1) is 0 Å². The smallest absolute Gasteiger partial charge is 0.0411 e. The van der Waals surface area contributed by atoms with Crippen molar-refractivity contribution in [3.05, 3.63) is 0 Å². The lowest BCUT2D eigenvalue weighted by Gasteiger charge is -1.87.